The van der Waals surface area contributed by atoms with Crippen molar-refractivity contribution in [1.82, 2.24) is 4.98 Å². The Morgan fingerprint density at radius 3 is 2.50 bits per heavy atom. The molecule has 2 rings (SSSR count). The van der Waals surface area contributed by atoms with Crippen molar-refractivity contribution in [2.45, 2.75) is 33.1 Å². The highest BCUT2D eigenvalue weighted by Crippen LogP contribution is 2.25. The van der Waals surface area contributed by atoms with Gasteiger partial charge in [0.1, 0.15) is 0 Å². The topological polar surface area (TPSA) is 48.4 Å². The van der Waals surface area contributed by atoms with Crippen molar-refractivity contribution < 1.29 is 14.3 Å². The summed E-state index contributed by atoms with van der Waals surface area (Å²) in [5.74, 6) is 0.462. The third-order valence-corrected chi connectivity index (χ3v) is 3.98. The molecule has 0 fully saturated rings. The molecule has 1 aromatic heterocycles. The van der Waals surface area contributed by atoms with Gasteiger partial charge in [-0.15, -0.1) is 0 Å². The number of ether oxygens (including phenoxy) is 2. The van der Waals surface area contributed by atoms with E-state index in [1.807, 2.05) is 62.4 Å². The first kappa shape index (κ1) is 18.0. The van der Waals surface area contributed by atoms with Crippen LogP contribution >= 0.6 is 0 Å². The fourth-order valence-corrected chi connectivity index (χ4v) is 2.49. The lowest BCUT2D eigenvalue weighted by atomic mass is 9.87. The zero-order valence-corrected chi connectivity index (χ0v) is 14.6. The van der Waals surface area contributed by atoms with Gasteiger partial charge < -0.3 is 9.47 Å². The minimum Gasteiger partial charge on any atom is -0.478 e. The van der Waals surface area contributed by atoms with Crippen LogP contribution in [0.2, 0.25) is 0 Å². The minimum atomic E-state index is -0.444. The molecular weight excluding hydrogens is 302 g/mol. The SMILES string of the molecule is COC(=O)C(C)(C)CCCCOc1cccc(-c2ccccc2)n1. The number of carbonyl (C=O) groups excluding carboxylic acids is 1. The van der Waals surface area contributed by atoms with Crippen LogP contribution in [0.5, 0.6) is 5.88 Å². The molecule has 24 heavy (non-hydrogen) atoms. The number of rotatable bonds is 8. The number of unbranched alkanes of at least 4 members (excludes halogenated alkanes) is 1. The summed E-state index contributed by atoms with van der Waals surface area (Å²) < 4.78 is 10.6. The molecule has 0 amide bonds. The minimum absolute atomic E-state index is 0.166. The van der Waals surface area contributed by atoms with E-state index < -0.39 is 5.41 Å². The number of nitrogens with zero attached hydrogens (tertiary/aromatic N) is 1. The first-order valence-corrected chi connectivity index (χ1v) is 8.26. The third-order valence-electron chi connectivity index (χ3n) is 3.98. The first-order valence-electron chi connectivity index (χ1n) is 8.26. The number of hydrogen-bond donors (Lipinski definition) is 0. The summed E-state index contributed by atoms with van der Waals surface area (Å²) in [7, 11) is 1.43. The molecular formula is C20H25NO3. The van der Waals surface area contributed by atoms with E-state index in [0.717, 1.165) is 30.5 Å². The Bertz CT molecular complexity index is 653. The van der Waals surface area contributed by atoms with E-state index in [4.69, 9.17) is 9.47 Å². The van der Waals surface area contributed by atoms with Crippen molar-refractivity contribution in [3.8, 4) is 17.1 Å². The highest BCUT2D eigenvalue weighted by Gasteiger charge is 2.27. The molecule has 1 heterocycles. The highest BCUT2D eigenvalue weighted by molar-refractivity contribution is 5.75. The molecule has 1 aromatic carbocycles. The van der Waals surface area contributed by atoms with Crippen molar-refractivity contribution in [1.29, 1.82) is 0 Å². The fraction of sp³-hybridized carbons (Fsp3) is 0.400. The third kappa shape index (κ3) is 5.08. The molecule has 0 spiro atoms. The summed E-state index contributed by atoms with van der Waals surface area (Å²) in [5, 5.41) is 0. The van der Waals surface area contributed by atoms with Crippen molar-refractivity contribution in [2.24, 2.45) is 5.41 Å². The summed E-state index contributed by atoms with van der Waals surface area (Å²) >= 11 is 0. The van der Waals surface area contributed by atoms with Crippen LogP contribution in [0.1, 0.15) is 33.1 Å². The van der Waals surface area contributed by atoms with E-state index in [2.05, 4.69) is 4.98 Å². The molecule has 0 saturated heterocycles. The lowest BCUT2D eigenvalue weighted by Crippen LogP contribution is -2.25. The molecule has 0 aliphatic heterocycles. The molecule has 2 aromatic rings. The zero-order chi connectivity index (χ0) is 17.4. The summed E-state index contributed by atoms with van der Waals surface area (Å²) in [5.41, 5.74) is 1.53. The number of carbonyl (C=O) groups is 1. The average Bonchev–Trinajstić information content (AvgIpc) is 2.61. The largest absolute Gasteiger partial charge is 0.478 e. The Balaban J connectivity index is 1.80. The molecule has 0 N–H and O–H groups in total. The van der Waals surface area contributed by atoms with Gasteiger partial charge >= 0.3 is 5.97 Å². The summed E-state index contributed by atoms with van der Waals surface area (Å²) in [6.07, 6.45) is 2.55. The Kier molecular flexibility index (Phi) is 6.36. The molecule has 0 radical (unpaired) electrons. The second kappa shape index (κ2) is 8.48. The zero-order valence-electron chi connectivity index (χ0n) is 14.6. The Hall–Kier alpha value is -2.36. The van der Waals surface area contributed by atoms with Gasteiger partial charge in [0.25, 0.3) is 0 Å². The van der Waals surface area contributed by atoms with Crippen LogP contribution in [-0.4, -0.2) is 24.7 Å². The fourth-order valence-electron chi connectivity index (χ4n) is 2.49. The summed E-state index contributed by atoms with van der Waals surface area (Å²) in [4.78, 5) is 16.2. The maximum atomic E-state index is 11.6. The van der Waals surface area contributed by atoms with Crippen LogP contribution in [0.15, 0.2) is 48.5 Å². The van der Waals surface area contributed by atoms with Gasteiger partial charge in [-0.3, -0.25) is 4.79 Å². The van der Waals surface area contributed by atoms with Gasteiger partial charge in [-0.25, -0.2) is 4.98 Å². The normalized spacial score (nSPS) is 11.1. The molecule has 4 heteroatoms. The van der Waals surface area contributed by atoms with E-state index in [-0.39, 0.29) is 5.97 Å². The maximum Gasteiger partial charge on any atom is 0.311 e. The quantitative estimate of drug-likeness (QED) is 0.529. The van der Waals surface area contributed by atoms with Crippen LogP contribution in [0, 0.1) is 5.41 Å². The number of hydrogen-bond acceptors (Lipinski definition) is 4. The molecule has 0 aliphatic rings. The standard InChI is InChI=1S/C20H25NO3/c1-20(2,19(22)23-3)14-7-8-15-24-18-13-9-12-17(21-18)16-10-5-4-6-11-16/h4-6,9-13H,7-8,14-15H2,1-3H3. The van der Waals surface area contributed by atoms with Gasteiger partial charge in [0.05, 0.1) is 24.8 Å². The second-order valence-electron chi connectivity index (χ2n) is 6.41. The van der Waals surface area contributed by atoms with E-state index in [1.54, 1.807) is 0 Å². The van der Waals surface area contributed by atoms with Gasteiger partial charge in [0.15, 0.2) is 0 Å². The van der Waals surface area contributed by atoms with Crippen molar-refractivity contribution in [2.75, 3.05) is 13.7 Å². The van der Waals surface area contributed by atoms with Crippen molar-refractivity contribution in [3.05, 3.63) is 48.5 Å². The Labute approximate surface area is 143 Å². The summed E-state index contributed by atoms with van der Waals surface area (Å²) in [6, 6.07) is 15.8. The van der Waals surface area contributed by atoms with Gasteiger partial charge in [0, 0.05) is 11.6 Å². The van der Waals surface area contributed by atoms with Crippen LogP contribution in [0.4, 0.5) is 0 Å². The van der Waals surface area contributed by atoms with Crippen LogP contribution in [0.3, 0.4) is 0 Å². The van der Waals surface area contributed by atoms with E-state index >= 15 is 0 Å². The van der Waals surface area contributed by atoms with E-state index in [1.165, 1.54) is 7.11 Å². The second-order valence-corrected chi connectivity index (χ2v) is 6.41. The predicted molar refractivity (Wildman–Crippen MR) is 94.8 cm³/mol. The highest BCUT2D eigenvalue weighted by atomic mass is 16.5. The van der Waals surface area contributed by atoms with Crippen LogP contribution < -0.4 is 4.74 Å². The van der Waals surface area contributed by atoms with Crippen molar-refractivity contribution in [3.63, 3.8) is 0 Å². The van der Waals surface area contributed by atoms with Crippen LogP contribution in [-0.2, 0) is 9.53 Å². The maximum absolute atomic E-state index is 11.6. The van der Waals surface area contributed by atoms with Crippen molar-refractivity contribution >= 4 is 5.97 Å². The molecule has 0 unspecified atom stereocenters. The molecule has 0 atom stereocenters. The van der Waals surface area contributed by atoms with Gasteiger partial charge in [-0.1, -0.05) is 36.4 Å². The number of aromatic nitrogens is 1. The van der Waals surface area contributed by atoms with E-state index in [0.29, 0.717) is 12.5 Å². The number of methoxy groups -OCH3 is 1. The summed E-state index contributed by atoms with van der Waals surface area (Å²) in [6.45, 7) is 4.40. The average molecular weight is 327 g/mol. The number of pyridine rings is 1. The number of esters is 1. The van der Waals surface area contributed by atoms with Gasteiger partial charge in [-0.05, 0) is 39.2 Å². The molecule has 0 aliphatic carbocycles. The first-order chi connectivity index (χ1) is 11.5. The lowest BCUT2D eigenvalue weighted by molar-refractivity contribution is -0.151. The molecule has 0 bridgehead atoms. The Morgan fingerprint density at radius 2 is 1.79 bits per heavy atom. The van der Waals surface area contributed by atoms with Gasteiger partial charge in [-0.2, -0.15) is 0 Å². The molecule has 0 saturated carbocycles. The molecule has 4 nitrogen and oxygen atoms in total. The predicted octanol–water partition coefficient (Wildman–Crippen LogP) is 4.50. The van der Waals surface area contributed by atoms with E-state index in [9.17, 15) is 4.79 Å². The van der Waals surface area contributed by atoms with Gasteiger partial charge in [0.2, 0.25) is 5.88 Å². The smallest absolute Gasteiger partial charge is 0.311 e. The monoisotopic (exact) mass is 327 g/mol. The van der Waals surface area contributed by atoms with Crippen LogP contribution in [0.25, 0.3) is 11.3 Å². The lowest BCUT2D eigenvalue weighted by Gasteiger charge is -2.20. The Morgan fingerprint density at radius 1 is 1.04 bits per heavy atom. The number of benzene rings is 1. The molecule has 128 valence electrons.